The quantitative estimate of drug-likeness (QED) is 0.468. The van der Waals surface area contributed by atoms with Gasteiger partial charge in [0.15, 0.2) is 0 Å². The van der Waals surface area contributed by atoms with Crippen molar-refractivity contribution >= 4 is 27.5 Å². The van der Waals surface area contributed by atoms with Crippen molar-refractivity contribution in [2.45, 2.75) is 58.5 Å². The van der Waals surface area contributed by atoms with Gasteiger partial charge in [-0.15, -0.1) is 0 Å². The molecule has 3 N–H and O–H groups in total. The van der Waals surface area contributed by atoms with Gasteiger partial charge in [-0.3, -0.25) is 14.4 Å². The van der Waals surface area contributed by atoms with E-state index in [1.54, 1.807) is 6.92 Å². The maximum atomic E-state index is 12.1. The number of methoxy groups -OCH3 is 1. The van der Waals surface area contributed by atoms with Gasteiger partial charge in [-0.2, -0.15) is 0 Å². The van der Waals surface area contributed by atoms with Gasteiger partial charge in [0, 0.05) is 27.7 Å². The fourth-order valence-electron chi connectivity index (χ4n) is 1.88. The second-order valence-corrected chi connectivity index (χ2v) is 8.03. The Morgan fingerprint density at radius 1 is 1.17 bits per heavy atom. The molecule has 0 saturated heterocycles. The maximum absolute atomic E-state index is 12.1. The van der Waals surface area contributed by atoms with Gasteiger partial charge in [0.05, 0.1) is 7.11 Å². The molecule has 8 nitrogen and oxygen atoms in total. The van der Waals surface area contributed by atoms with Crippen molar-refractivity contribution in [3.05, 3.63) is 0 Å². The minimum absolute atomic E-state index is 0.00272. The van der Waals surface area contributed by atoms with E-state index >= 15 is 0 Å². The smallest absolute Gasteiger partial charge is 0.328 e. The Hall–Kier alpha value is -1.64. The Labute approximate surface area is 144 Å². The molecule has 0 aromatic heterocycles. The van der Waals surface area contributed by atoms with Crippen molar-refractivity contribution in [2.24, 2.45) is 0 Å². The largest absolute Gasteiger partial charge is 0.467 e. The zero-order valence-corrected chi connectivity index (χ0v) is 15.7. The zero-order chi connectivity index (χ0) is 18.8. The summed E-state index contributed by atoms with van der Waals surface area (Å²) in [5, 5.41) is 4.98. The van der Waals surface area contributed by atoms with Crippen molar-refractivity contribution in [3.63, 3.8) is 0 Å². The summed E-state index contributed by atoms with van der Waals surface area (Å²) in [6.45, 7) is 5.11. The topological polar surface area (TPSA) is 125 Å². The van der Waals surface area contributed by atoms with Crippen molar-refractivity contribution in [2.75, 3.05) is 18.6 Å². The third-order valence-electron chi connectivity index (χ3n) is 3.46. The summed E-state index contributed by atoms with van der Waals surface area (Å²) in [6.07, 6.45) is 1.81. The summed E-state index contributed by atoms with van der Waals surface area (Å²) >= 11 is 0. The molecule has 0 aliphatic rings. The van der Waals surface area contributed by atoms with Crippen LogP contribution in [0.25, 0.3) is 0 Å². The minimum atomic E-state index is -2.79. The number of ether oxygens (including phenoxy) is 1. The van der Waals surface area contributed by atoms with Gasteiger partial charge in [0.1, 0.15) is 12.1 Å². The lowest BCUT2D eigenvalue weighted by atomic mass is 10.2. The predicted octanol–water partition coefficient (Wildman–Crippen LogP) is 0.796. The van der Waals surface area contributed by atoms with Crippen molar-refractivity contribution < 1.29 is 23.3 Å². The van der Waals surface area contributed by atoms with E-state index in [1.807, 2.05) is 6.92 Å². The molecule has 9 heteroatoms. The maximum Gasteiger partial charge on any atom is 0.328 e. The Balaban J connectivity index is 4.76. The summed E-state index contributed by atoms with van der Waals surface area (Å²) in [7, 11) is -1.60. The normalized spacial score (nSPS) is 15.7. The van der Waals surface area contributed by atoms with Gasteiger partial charge in [-0.25, -0.2) is 9.00 Å². The van der Waals surface area contributed by atoms with Crippen LogP contribution in [0.3, 0.4) is 0 Å². The van der Waals surface area contributed by atoms with E-state index in [2.05, 4.69) is 15.4 Å². The summed E-state index contributed by atoms with van der Waals surface area (Å²) in [4.78, 5) is 35.2. The van der Waals surface area contributed by atoms with E-state index in [0.29, 0.717) is 6.42 Å². The predicted molar refractivity (Wildman–Crippen MR) is 92.0 cm³/mol. The first-order chi connectivity index (χ1) is 11.2. The monoisotopic (exact) mass is 363 g/mol. The molecule has 0 saturated carbocycles. The number of unbranched alkanes of at least 4 members (excludes halogenated alkanes) is 1. The lowest BCUT2D eigenvalue weighted by Crippen LogP contribution is -2.51. The van der Waals surface area contributed by atoms with E-state index in [9.17, 15) is 18.6 Å². The Morgan fingerprint density at radius 3 is 2.29 bits per heavy atom. The van der Waals surface area contributed by atoms with Crippen LogP contribution < -0.4 is 10.6 Å². The van der Waals surface area contributed by atoms with Crippen molar-refractivity contribution in [1.29, 1.82) is 4.78 Å². The van der Waals surface area contributed by atoms with E-state index in [4.69, 9.17) is 4.78 Å². The standard InChI is InChI=1S/C15H29N3O5S/c1-5-7-9-24(16,22)10-8-12(15(21)23-4)18-14(20)11(3)17-13(19)6-2/h11-12,16H,5-10H2,1-4H3,(H,17,19)(H,18,20)/t11-,12-,24?/m0/s1. The van der Waals surface area contributed by atoms with Crippen LogP contribution in [0.4, 0.5) is 0 Å². The number of nitrogens with one attached hydrogen (secondary N) is 3. The fraction of sp³-hybridized carbons (Fsp3) is 0.800. The molecule has 0 rings (SSSR count). The van der Waals surface area contributed by atoms with E-state index in [-0.39, 0.29) is 30.3 Å². The van der Waals surface area contributed by atoms with E-state index in [1.165, 1.54) is 14.0 Å². The molecule has 0 spiro atoms. The van der Waals surface area contributed by atoms with Crippen molar-refractivity contribution in [3.8, 4) is 0 Å². The molecule has 0 aromatic carbocycles. The molecule has 3 atom stereocenters. The Kier molecular flexibility index (Phi) is 10.3. The average Bonchev–Trinajstić information content (AvgIpc) is 2.55. The van der Waals surface area contributed by atoms with Crippen LogP contribution >= 0.6 is 0 Å². The first kappa shape index (κ1) is 22.4. The van der Waals surface area contributed by atoms with Gasteiger partial charge in [0.25, 0.3) is 0 Å². The SMILES string of the molecule is CCCCS(=N)(=O)CC[C@H](NC(=O)[C@H](C)NC(=O)CC)C(=O)OC. The fourth-order valence-corrected chi connectivity index (χ4v) is 3.46. The van der Waals surface area contributed by atoms with Gasteiger partial charge >= 0.3 is 5.97 Å². The molecule has 140 valence electrons. The lowest BCUT2D eigenvalue weighted by molar-refractivity contribution is -0.145. The molecule has 0 heterocycles. The van der Waals surface area contributed by atoms with E-state index in [0.717, 1.165) is 6.42 Å². The molecule has 0 aliphatic carbocycles. The summed E-state index contributed by atoms with van der Waals surface area (Å²) in [5.74, 6) is -1.20. The molecule has 0 aliphatic heterocycles. The second-order valence-electron chi connectivity index (χ2n) is 5.59. The van der Waals surface area contributed by atoms with Crippen LogP contribution in [0.5, 0.6) is 0 Å². The highest BCUT2D eigenvalue weighted by atomic mass is 32.2. The number of hydrogen-bond acceptors (Lipinski definition) is 6. The van der Waals surface area contributed by atoms with Gasteiger partial charge in [-0.1, -0.05) is 20.3 Å². The third kappa shape index (κ3) is 8.85. The number of hydrogen-bond donors (Lipinski definition) is 3. The van der Waals surface area contributed by atoms with Gasteiger partial charge < -0.3 is 15.4 Å². The summed E-state index contributed by atoms with van der Waals surface area (Å²) < 4.78 is 24.6. The zero-order valence-electron chi connectivity index (χ0n) is 14.8. The summed E-state index contributed by atoms with van der Waals surface area (Å²) in [5.41, 5.74) is 0. The van der Waals surface area contributed by atoms with Gasteiger partial charge in [0.2, 0.25) is 11.8 Å². The minimum Gasteiger partial charge on any atom is -0.467 e. The number of amides is 2. The number of carbonyl (C=O) groups is 3. The Morgan fingerprint density at radius 2 is 1.79 bits per heavy atom. The molecule has 0 radical (unpaired) electrons. The van der Waals surface area contributed by atoms with Crippen LogP contribution in [0.1, 0.15) is 46.5 Å². The van der Waals surface area contributed by atoms with E-state index < -0.39 is 33.7 Å². The van der Waals surface area contributed by atoms with Crippen LogP contribution in [0.15, 0.2) is 0 Å². The first-order valence-corrected chi connectivity index (χ1v) is 9.98. The lowest BCUT2D eigenvalue weighted by Gasteiger charge is -2.20. The van der Waals surface area contributed by atoms with Crippen molar-refractivity contribution in [1.82, 2.24) is 10.6 Å². The molecule has 2 amide bonds. The number of rotatable bonds is 11. The second kappa shape index (κ2) is 11.0. The summed E-state index contributed by atoms with van der Waals surface area (Å²) in [6, 6.07) is -1.79. The molecule has 0 fully saturated rings. The molecule has 0 bridgehead atoms. The Bertz CT molecular complexity index is 533. The number of carbonyl (C=O) groups excluding carboxylic acids is 3. The van der Waals surface area contributed by atoms with Crippen LogP contribution in [0, 0.1) is 4.78 Å². The highest BCUT2D eigenvalue weighted by Crippen LogP contribution is 2.05. The third-order valence-corrected chi connectivity index (χ3v) is 5.30. The molecule has 24 heavy (non-hydrogen) atoms. The highest BCUT2D eigenvalue weighted by Gasteiger charge is 2.25. The van der Waals surface area contributed by atoms with Crippen LogP contribution in [0.2, 0.25) is 0 Å². The number of esters is 1. The molecular formula is C15H29N3O5S. The van der Waals surface area contributed by atoms with Crippen LogP contribution in [-0.2, 0) is 28.8 Å². The molecule has 1 unspecified atom stereocenters. The molecular weight excluding hydrogens is 334 g/mol. The molecule has 0 aromatic rings. The first-order valence-electron chi connectivity index (χ1n) is 8.08. The van der Waals surface area contributed by atoms with Gasteiger partial charge in [-0.05, 0) is 19.8 Å². The van der Waals surface area contributed by atoms with Crippen LogP contribution in [-0.4, -0.2) is 52.7 Å². The average molecular weight is 363 g/mol. The highest BCUT2D eigenvalue weighted by molar-refractivity contribution is 7.92.